The van der Waals surface area contributed by atoms with Crippen LogP contribution in [0.15, 0.2) is 23.1 Å². The zero-order chi connectivity index (χ0) is 13.0. The molecule has 1 aromatic rings. The van der Waals surface area contributed by atoms with Crippen LogP contribution in [-0.4, -0.2) is 23.9 Å². The molecule has 2 nitrogen and oxygen atoms in total. The fourth-order valence-electron chi connectivity index (χ4n) is 1.68. The Kier molecular flexibility index (Phi) is 5.34. The van der Waals surface area contributed by atoms with Gasteiger partial charge in [-0.3, -0.25) is 4.79 Å². The fraction of sp³-hybridized carbons (Fsp3) is 0.462. The van der Waals surface area contributed by atoms with Gasteiger partial charge >= 0.3 is 0 Å². The first-order valence-electron chi connectivity index (χ1n) is 5.73. The van der Waals surface area contributed by atoms with Crippen molar-refractivity contribution in [3.8, 4) is 0 Å². The SMILES string of the molecule is CCCC(C)N(C)C(=O)c1cc(S)ccc1Cl. The van der Waals surface area contributed by atoms with Gasteiger partial charge in [0, 0.05) is 18.0 Å². The summed E-state index contributed by atoms with van der Waals surface area (Å²) in [6.07, 6.45) is 2.04. The van der Waals surface area contributed by atoms with E-state index in [1.807, 2.05) is 14.0 Å². The number of benzene rings is 1. The van der Waals surface area contributed by atoms with Crippen molar-refractivity contribution >= 4 is 30.1 Å². The lowest BCUT2D eigenvalue weighted by Gasteiger charge is -2.25. The molecule has 0 aliphatic rings. The molecule has 0 N–H and O–H groups in total. The van der Waals surface area contributed by atoms with Gasteiger partial charge < -0.3 is 4.90 Å². The molecule has 0 heterocycles. The highest BCUT2D eigenvalue weighted by molar-refractivity contribution is 7.80. The summed E-state index contributed by atoms with van der Waals surface area (Å²) < 4.78 is 0. The van der Waals surface area contributed by atoms with Crippen LogP contribution in [0.5, 0.6) is 0 Å². The van der Waals surface area contributed by atoms with Crippen molar-refractivity contribution in [1.29, 1.82) is 0 Å². The Labute approximate surface area is 113 Å². The lowest BCUT2D eigenvalue weighted by atomic mass is 10.1. The van der Waals surface area contributed by atoms with E-state index in [1.54, 1.807) is 23.1 Å². The summed E-state index contributed by atoms with van der Waals surface area (Å²) in [6.45, 7) is 4.15. The fourth-order valence-corrected chi connectivity index (χ4v) is 2.08. The van der Waals surface area contributed by atoms with Crippen molar-refractivity contribution in [2.24, 2.45) is 0 Å². The molecule has 1 unspecified atom stereocenters. The highest BCUT2D eigenvalue weighted by Crippen LogP contribution is 2.22. The molecule has 0 radical (unpaired) electrons. The number of rotatable bonds is 4. The Balaban J connectivity index is 2.92. The predicted molar refractivity (Wildman–Crippen MR) is 75.2 cm³/mol. The van der Waals surface area contributed by atoms with E-state index in [-0.39, 0.29) is 11.9 Å². The smallest absolute Gasteiger partial charge is 0.255 e. The summed E-state index contributed by atoms with van der Waals surface area (Å²) in [6, 6.07) is 5.41. The molecule has 1 amide bonds. The van der Waals surface area contributed by atoms with Crippen molar-refractivity contribution in [3.63, 3.8) is 0 Å². The second kappa shape index (κ2) is 6.31. The number of carbonyl (C=O) groups is 1. The molecule has 0 bridgehead atoms. The third kappa shape index (κ3) is 3.65. The quantitative estimate of drug-likeness (QED) is 0.824. The Morgan fingerprint density at radius 3 is 2.76 bits per heavy atom. The molecule has 1 atom stereocenters. The van der Waals surface area contributed by atoms with Crippen LogP contribution < -0.4 is 0 Å². The first kappa shape index (κ1) is 14.4. The van der Waals surface area contributed by atoms with E-state index in [4.69, 9.17) is 11.6 Å². The first-order chi connectivity index (χ1) is 7.97. The van der Waals surface area contributed by atoms with Crippen LogP contribution in [-0.2, 0) is 0 Å². The highest BCUT2D eigenvalue weighted by Gasteiger charge is 2.19. The standard InChI is InChI=1S/C13H18ClNOS/c1-4-5-9(2)15(3)13(16)11-8-10(17)6-7-12(11)14/h6-9,17H,4-5H2,1-3H3. The number of nitrogens with zero attached hydrogens (tertiary/aromatic N) is 1. The zero-order valence-electron chi connectivity index (χ0n) is 10.4. The van der Waals surface area contributed by atoms with Crippen molar-refractivity contribution < 1.29 is 4.79 Å². The summed E-state index contributed by atoms with van der Waals surface area (Å²) in [5, 5.41) is 0.475. The predicted octanol–water partition coefficient (Wildman–Crippen LogP) is 3.89. The Morgan fingerprint density at radius 2 is 2.18 bits per heavy atom. The average molecular weight is 272 g/mol. The van der Waals surface area contributed by atoms with Gasteiger partial charge in [-0.15, -0.1) is 12.6 Å². The molecule has 0 aliphatic heterocycles. The molecule has 0 aromatic heterocycles. The second-order valence-electron chi connectivity index (χ2n) is 4.22. The van der Waals surface area contributed by atoms with Crippen molar-refractivity contribution in [2.75, 3.05) is 7.05 Å². The monoisotopic (exact) mass is 271 g/mol. The van der Waals surface area contributed by atoms with Gasteiger partial charge in [0.05, 0.1) is 10.6 Å². The van der Waals surface area contributed by atoms with Crippen LogP contribution in [0.2, 0.25) is 5.02 Å². The van der Waals surface area contributed by atoms with Gasteiger partial charge in [0.25, 0.3) is 5.91 Å². The molecule has 17 heavy (non-hydrogen) atoms. The third-order valence-electron chi connectivity index (χ3n) is 2.87. The summed E-state index contributed by atoms with van der Waals surface area (Å²) in [5.74, 6) is -0.0492. The highest BCUT2D eigenvalue weighted by atomic mass is 35.5. The largest absolute Gasteiger partial charge is 0.339 e. The zero-order valence-corrected chi connectivity index (χ0v) is 12.1. The number of thiol groups is 1. The number of carbonyl (C=O) groups excluding carboxylic acids is 1. The van der Waals surface area contributed by atoms with Crippen molar-refractivity contribution in [3.05, 3.63) is 28.8 Å². The molecule has 0 saturated heterocycles. The lowest BCUT2D eigenvalue weighted by Crippen LogP contribution is -2.35. The molecule has 0 spiro atoms. The van der Waals surface area contributed by atoms with Gasteiger partial charge in [-0.25, -0.2) is 0 Å². The Hall–Kier alpha value is -0.670. The number of hydrogen-bond donors (Lipinski definition) is 1. The topological polar surface area (TPSA) is 20.3 Å². The van der Waals surface area contributed by atoms with Crippen LogP contribution in [0.4, 0.5) is 0 Å². The minimum Gasteiger partial charge on any atom is -0.339 e. The van der Waals surface area contributed by atoms with E-state index in [0.29, 0.717) is 10.6 Å². The van der Waals surface area contributed by atoms with E-state index >= 15 is 0 Å². The minimum atomic E-state index is -0.0492. The Morgan fingerprint density at radius 1 is 1.53 bits per heavy atom. The van der Waals surface area contributed by atoms with E-state index < -0.39 is 0 Å². The van der Waals surface area contributed by atoms with E-state index in [0.717, 1.165) is 17.7 Å². The molecule has 94 valence electrons. The van der Waals surface area contributed by atoms with Crippen molar-refractivity contribution in [2.45, 2.75) is 37.6 Å². The van der Waals surface area contributed by atoms with E-state index in [2.05, 4.69) is 19.6 Å². The summed E-state index contributed by atoms with van der Waals surface area (Å²) >= 11 is 10.3. The number of halogens is 1. The summed E-state index contributed by atoms with van der Waals surface area (Å²) in [5.41, 5.74) is 0.518. The van der Waals surface area contributed by atoms with E-state index in [1.165, 1.54) is 0 Å². The minimum absolute atomic E-state index is 0.0492. The maximum atomic E-state index is 12.2. The molecule has 1 rings (SSSR count). The van der Waals surface area contributed by atoms with Crippen LogP contribution in [0.1, 0.15) is 37.0 Å². The molecule has 0 aliphatic carbocycles. The lowest BCUT2D eigenvalue weighted by molar-refractivity contribution is 0.0736. The molecule has 0 fully saturated rings. The van der Waals surface area contributed by atoms with Gasteiger partial charge in [0.2, 0.25) is 0 Å². The number of amides is 1. The van der Waals surface area contributed by atoms with Gasteiger partial charge in [-0.05, 0) is 31.5 Å². The van der Waals surface area contributed by atoms with Crippen LogP contribution in [0, 0.1) is 0 Å². The summed E-state index contributed by atoms with van der Waals surface area (Å²) in [7, 11) is 1.81. The van der Waals surface area contributed by atoms with Gasteiger partial charge in [0.15, 0.2) is 0 Å². The molecule has 4 heteroatoms. The van der Waals surface area contributed by atoms with Gasteiger partial charge in [-0.1, -0.05) is 24.9 Å². The van der Waals surface area contributed by atoms with Gasteiger partial charge in [0.1, 0.15) is 0 Å². The van der Waals surface area contributed by atoms with Crippen LogP contribution >= 0.6 is 24.2 Å². The maximum absolute atomic E-state index is 12.2. The molecule has 1 aromatic carbocycles. The molecular formula is C13H18ClNOS. The third-order valence-corrected chi connectivity index (χ3v) is 3.48. The molecular weight excluding hydrogens is 254 g/mol. The average Bonchev–Trinajstić information content (AvgIpc) is 2.30. The van der Waals surface area contributed by atoms with Crippen LogP contribution in [0.25, 0.3) is 0 Å². The van der Waals surface area contributed by atoms with E-state index in [9.17, 15) is 4.79 Å². The second-order valence-corrected chi connectivity index (χ2v) is 5.14. The molecule has 0 saturated carbocycles. The van der Waals surface area contributed by atoms with Crippen LogP contribution in [0.3, 0.4) is 0 Å². The first-order valence-corrected chi connectivity index (χ1v) is 6.55. The summed E-state index contributed by atoms with van der Waals surface area (Å²) in [4.78, 5) is 14.7. The number of hydrogen-bond acceptors (Lipinski definition) is 2. The van der Waals surface area contributed by atoms with Crippen molar-refractivity contribution in [1.82, 2.24) is 4.90 Å². The van der Waals surface area contributed by atoms with Gasteiger partial charge in [-0.2, -0.15) is 0 Å². The Bertz CT molecular complexity index is 408. The maximum Gasteiger partial charge on any atom is 0.255 e. The normalized spacial score (nSPS) is 12.3.